The summed E-state index contributed by atoms with van der Waals surface area (Å²) in [6, 6.07) is 2.84. The minimum atomic E-state index is 0.0305. The molecule has 0 aromatic carbocycles. The minimum Gasteiger partial charge on any atom is -0.352 e. The topological polar surface area (TPSA) is 32.3 Å². The van der Waals surface area contributed by atoms with E-state index in [9.17, 15) is 4.79 Å². The highest BCUT2D eigenvalue weighted by molar-refractivity contribution is 7.99. The van der Waals surface area contributed by atoms with Crippen LogP contribution in [-0.2, 0) is 4.79 Å². The van der Waals surface area contributed by atoms with Crippen LogP contribution in [0.15, 0.2) is 22.9 Å². The molecule has 0 saturated carbocycles. The van der Waals surface area contributed by atoms with E-state index in [1.165, 1.54) is 50.3 Å². The van der Waals surface area contributed by atoms with Crippen molar-refractivity contribution in [2.24, 2.45) is 5.92 Å². The van der Waals surface area contributed by atoms with Crippen molar-refractivity contribution in [2.45, 2.75) is 31.7 Å². The number of thioether (sulfide) groups is 1. The molecule has 1 aromatic rings. The van der Waals surface area contributed by atoms with Crippen molar-refractivity contribution in [3.05, 3.63) is 28.5 Å². The number of likely N-dealkylation sites (tertiary alicyclic amines) is 1. The first-order chi connectivity index (χ1) is 11.3. The van der Waals surface area contributed by atoms with Gasteiger partial charge in [0.15, 0.2) is 0 Å². The van der Waals surface area contributed by atoms with Crippen molar-refractivity contribution < 1.29 is 4.79 Å². The average molecular weight is 351 g/mol. The molecule has 3 rings (SSSR count). The average Bonchev–Trinajstić information content (AvgIpc) is 3.13. The van der Waals surface area contributed by atoms with Crippen molar-refractivity contribution in [3.8, 4) is 0 Å². The van der Waals surface area contributed by atoms with Crippen molar-refractivity contribution in [2.75, 3.05) is 31.1 Å². The number of thiophene rings is 1. The Labute approximate surface area is 147 Å². The van der Waals surface area contributed by atoms with E-state index in [4.69, 9.17) is 0 Å². The molecule has 2 aliphatic heterocycles. The van der Waals surface area contributed by atoms with Gasteiger partial charge in [0.05, 0.1) is 0 Å². The van der Waals surface area contributed by atoms with Gasteiger partial charge in [-0.1, -0.05) is 0 Å². The van der Waals surface area contributed by atoms with E-state index in [-0.39, 0.29) is 5.91 Å². The minimum absolute atomic E-state index is 0.0305. The molecule has 0 atom stereocenters. The van der Waals surface area contributed by atoms with Crippen LogP contribution in [-0.4, -0.2) is 48.0 Å². The third-order valence-electron chi connectivity index (χ3n) is 4.89. The van der Waals surface area contributed by atoms with Crippen molar-refractivity contribution in [3.63, 3.8) is 0 Å². The van der Waals surface area contributed by atoms with Gasteiger partial charge in [0, 0.05) is 18.7 Å². The Bertz CT molecular complexity index is 501. The zero-order chi connectivity index (χ0) is 15.9. The highest BCUT2D eigenvalue weighted by atomic mass is 32.2. The Morgan fingerprint density at radius 1 is 1.26 bits per heavy atom. The van der Waals surface area contributed by atoms with Gasteiger partial charge in [0.25, 0.3) is 0 Å². The molecule has 1 N–H and O–H groups in total. The lowest BCUT2D eigenvalue weighted by atomic mass is 9.94. The summed E-state index contributed by atoms with van der Waals surface area (Å²) in [5, 5.41) is 7.13. The fourth-order valence-corrected chi connectivity index (χ4v) is 5.13. The molecule has 2 fully saturated rings. The van der Waals surface area contributed by atoms with E-state index in [1.54, 1.807) is 17.4 Å². The zero-order valence-electron chi connectivity index (χ0n) is 13.6. The standard InChI is InChI=1S/C18H26N2OS2/c21-18(2-1-16-5-10-23-14-16)19-13-15-3-8-20(9-4-15)17-6-11-22-12-7-17/h1-2,5,10,14-15,17H,3-4,6-9,11-13H2,(H,19,21). The number of carbonyl (C=O) groups is 1. The molecule has 2 aliphatic rings. The van der Waals surface area contributed by atoms with Crippen LogP contribution >= 0.6 is 23.1 Å². The van der Waals surface area contributed by atoms with Crippen molar-refractivity contribution in [1.29, 1.82) is 0 Å². The Kier molecular flexibility index (Phi) is 6.60. The van der Waals surface area contributed by atoms with Gasteiger partial charge in [0.2, 0.25) is 5.91 Å². The van der Waals surface area contributed by atoms with Gasteiger partial charge in [-0.15, -0.1) is 0 Å². The Balaban J connectivity index is 1.35. The van der Waals surface area contributed by atoms with Gasteiger partial charge in [-0.05, 0) is 84.7 Å². The molecule has 23 heavy (non-hydrogen) atoms. The molecule has 0 radical (unpaired) electrons. The fraction of sp³-hybridized carbons (Fsp3) is 0.611. The van der Waals surface area contributed by atoms with Crippen LogP contribution in [0.4, 0.5) is 0 Å². The SMILES string of the molecule is O=C(C=Cc1ccsc1)NCC1CCN(C2CCSCC2)CC1. The maximum absolute atomic E-state index is 11.9. The molecule has 1 aromatic heterocycles. The summed E-state index contributed by atoms with van der Waals surface area (Å²) < 4.78 is 0. The molecule has 0 spiro atoms. The molecular weight excluding hydrogens is 324 g/mol. The van der Waals surface area contributed by atoms with E-state index in [2.05, 4.69) is 22.0 Å². The van der Waals surface area contributed by atoms with Gasteiger partial charge in [0.1, 0.15) is 0 Å². The molecule has 3 nitrogen and oxygen atoms in total. The quantitative estimate of drug-likeness (QED) is 0.825. The molecular formula is C18H26N2OS2. The predicted octanol–water partition coefficient (Wildman–Crippen LogP) is 3.49. The number of amides is 1. The largest absolute Gasteiger partial charge is 0.352 e. The van der Waals surface area contributed by atoms with Crippen LogP contribution in [0.1, 0.15) is 31.2 Å². The van der Waals surface area contributed by atoms with Crippen LogP contribution in [0.5, 0.6) is 0 Å². The second-order valence-electron chi connectivity index (χ2n) is 6.46. The Morgan fingerprint density at radius 3 is 2.74 bits per heavy atom. The maximum atomic E-state index is 11.9. The number of hydrogen-bond donors (Lipinski definition) is 1. The summed E-state index contributed by atoms with van der Waals surface area (Å²) in [7, 11) is 0. The van der Waals surface area contributed by atoms with Gasteiger partial charge in [-0.2, -0.15) is 23.1 Å². The number of rotatable bonds is 5. The molecule has 1 amide bonds. The van der Waals surface area contributed by atoms with Gasteiger partial charge >= 0.3 is 0 Å². The van der Waals surface area contributed by atoms with Crippen molar-refractivity contribution >= 4 is 35.1 Å². The number of nitrogens with zero attached hydrogens (tertiary/aromatic N) is 1. The smallest absolute Gasteiger partial charge is 0.244 e. The van der Waals surface area contributed by atoms with Crippen LogP contribution in [0.25, 0.3) is 6.08 Å². The Hall–Kier alpha value is -0.780. The van der Waals surface area contributed by atoms with Gasteiger partial charge in [-0.25, -0.2) is 0 Å². The first-order valence-electron chi connectivity index (χ1n) is 8.61. The molecule has 3 heterocycles. The molecule has 0 bridgehead atoms. The summed E-state index contributed by atoms with van der Waals surface area (Å²) in [6.45, 7) is 3.24. The molecule has 5 heteroatoms. The monoisotopic (exact) mass is 350 g/mol. The van der Waals surface area contributed by atoms with Crippen LogP contribution in [0.2, 0.25) is 0 Å². The maximum Gasteiger partial charge on any atom is 0.244 e. The number of piperidine rings is 1. The second-order valence-corrected chi connectivity index (χ2v) is 8.46. The molecule has 2 saturated heterocycles. The number of hydrogen-bond acceptors (Lipinski definition) is 4. The molecule has 0 unspecified atom stereocenters. The predicted molar refractivity (Wildman–Crippen MR) is 101 cm³/mol. The molecule has 126 valence electrons. The summed E-state index contributed by atoms with van der Waals surface area (Å²) >= 11 is 3.75. The van der Waals surface area contributed by atoms with E-state index in [1.807, 2.05) is 22.9 Å². The molecule has 0 aliphatic carbocycles. The van der Waals surface area contributed by atoms with Crippen LogP contribution < -0.4 is 5.32 Å². The number of nitrogens with one attached hydrogen (secondary N) is 1. The normalized spacial score (nSPS) is 21.7. The van der Waals surface area contributed by atoms with Gasteiger partial charge < -0.3 is 10.2 Å². The lowest BCUT2D eigenvalue weighted by Gasteiger charge is -2.39. The summed E-state index contributed by atoms with van der Waals surface area (Å²) in [6.07, 6.45) is 8.70. The summed E-state index contributed by atoms with van der Waals surface area (Å²) in [5.41, 5.74) is 1.10. The Morgan fingerprint density at radius 2 is 2.04 bits per heavy atom. The van der Waals surface area contributed by atoms with E-state index in [0.717, 1.165) is 18.2 Å². The zero-order valence-corrected chi connectivity index (χ0v) is 15.2. The van der Waals surface area contributed by atoms with E-state index >= 15 is 0 Å². The first kappa shape index (κ1) is 17.1. The van der Waals surface area contributed by atoms with Gasteiger partial charge in [-0.3, -0.25) is 4.79 Å². The summed E-state index contributed by atoms with van der Waals surface area (Å²) in [4.78, 5) is 14.6. The van der Waals surface area contributed by atoms with Crippen LogP contribution in [0, 0.1) is 5.92 Å². The lowest BCUT2D eigenvalue weighted by Crippen LogP contribution is -2.44. The van der Waals surface area contributed by atoms with Crippen LogP contribution in [0.3, 0.4) is 0 Å². The van der Waals surface area contributed by atoms with E-state index in [0.29, 0.717) is 5.92 Å². The van der Waals surface area contributed by atoms with Crippen molar-refractivity contribution in [1.82, 2.24) is 10.2 Å². The lowest BCUT2D eigenvalue weighted by molar-refractivity contribution is -0.116. The third-order valence-corrected chi connectivity index (χ3v) is 6.64. The van der Waals surface area contributed by atoms with E-state index < -0.39 is 0 Å². The second kappa shape index (κ2) is 8.90. The summed E-state index contributed by atoms with van der Waals surface area (Å²) in [5.74, 6) is 3.33. The number of carbonyl (C=O) groups excluding carboxylic acids is 1. The fourth-order valence-electron chi connectivity index (χ4n) is 3.42. The highest BCUT2D eigenvalue weighted by Gasteiger charge is 2.26. The highest BCUT2D eigenvalue weighted by Crippen LogP contribution is 2.26. The third kappa shape index (κ3) is 5.37. The first-order valence-corrected chi connectivity index (χ1v) is 10.7.